The van der Waals surface area contributed by atoms with Crippen LogP contribution in [-0.4, -0.2) is 31.7 Å². The van der Waals surface area contributed by atoms with E-state index in [1.807, 2.05) is 36.4 Å². The quantitative estimate of drug-likeness (QED) is 0.858. The molecule has 0 bridgehead atoms. The van der Waals surface area contributed by atoms with Crippen molar-refractivity contribution < 1.29 is 14.3 Å². The predicted molar refractivity (Wildman–Crippen MR) is 100 cm³/mol. The number of carbonyl (C=O) groups is 1. The van der Waals surface area contributed by atoms with Gasteiger partial charge < -0.3 is 20.1 Å². The van der Waals surface area contributed by atoms with Gasteiger partial charge in [-0.15, -0.1) is 12.4 Å². The van der Waals surface area contributed by atoms with Crippen LogP contribution in [0.4, 0.5) is 5.69 Å². The molecule has 134 valence electrons. The molecule has 0 aromatic heterocycles. The molecule has 6 heteroatoms. The first-order chi connectivity index (χ1) is 11.7. The largest absolute Gasteiger partial charge is 0.489 e. The predicted octanol–water partition coefficient (Wildman–Crippen LogP) is 2.92. The van der Waals surface area contributed by atoms with Crippen molar-refractivity contribution >= 4 is 24.0 Å². The summed E-state index contributed by atoms with van der Waals surface area (Å²) in [5, 5.41) is 6.04. The lowest BCUT2D eigenvalue weighted by atomic mass is 10.1. The van der Waals surface area contributed by atoms with Gasteiger partial charge in [0.2, 0.25) is 5.91 Å². The van der Waals surface area contributed by atoms with Crippen molar-refractivity contribution in [1.29, 1.82) is 0 Å². The lowest BCUT2D eigenvalue weighted by Gasteiger charge is -2.23. The Labute approximate surface area is 154 Å². The highest BCUT2D eigenvalue weighted by Crippen LogP contribution is 2.19. The number of anilines is 1. The highest BCUT2D eigenvalue weighted by atomic mass is 35.5. The van der Waals surface area contributed by atoms with Crippen LogP contribution < -0.4 is 15.4 Å². The summed E-state index contributed by atoms with van der Waals surface area (Å²) in [5.41, 5.74) is 3.04. The number of aryl methyl sites for hydroxylation is 1. The lowest BCUT2D eigenvalue weighted by molar-refractivity contribution is -0.120. The standard InChI is InChI=1S/C19H22N2O3.ClH/c1-14-4-2-5-15(10-14)12-24-17-7-3-6-16(11-17)21-19(22)18-13-23-9-8-20-18;/h2-7,10-11,18,20H,8-9,12-13H2,1H3,(H,21,22);1H. The number of benzene rings is 2. The zero-order valence-electron chi connectivity index (χ0n) is 14.2. The normalized spacial score (nSPS) is 16.6. The second kappa shape index (κ2) is 9.42. The van der Waals surface area contributed by atoms with Crippen molar-refractivity contribution in [2.75, 3.05) is 25.1 Å². The topological polar surface area (TPSA) is 59.6 Å². The Bertz CT molecular complexity index is 703. The number of ether oxygens (including phenoxy) is 2. The Morgan fingerprint density at radius 3 is 2.88 bits per heavy atom. The van der Waals surface area contributed by atoms with Crippen LogP contribution in [0, 0.1) is 6.92 Å². The first-order valence-corrected chi connectivity index (χ1v) is 8.11. The molecule has 0 radical (unpaired) electrons. The number of amides is 1. The summed E-state index contributed by atoms with van der Waals surface area (Å²) in [5.74, 6) is 0.632. The van der Waals surface area contributed by atoms with Crippen molar-refractivity contribution in [3.63, 3.8) is 0 Å². The summed E-state index contributed by atoms with van der Waals surface area (Å²) in [6.45, 7) is 4.29. The van der Waals surface area contributed by atoms with Crippen molar-refractivity contribution in [1.82, 2.24) is 5.32 Å². The van der Waals surface area contributed by atoms with Crippen LogP contribution in [0.15, 0.2) is 48.5 Å². The van der Waals surface area contributed by atoms with Gasteiger partial charge in [-0.3, -0.25) is 4.79 Å². The van der Waals surface area contributed by atoms with Gasteiger partial charge in [0, 0.05) is 18.3 Å². The zero-order valence-corrected chi connectivity index (χ0v) is 15.0. The minimum Gasteiger partial charge on any atom is -0.489 e. The molecule has 1 amide bonds. The van der Waals surface area contributed by atoms with Crippen LogP contribution in [0.25, 0.3) is 0 Å². The van der Waals surface area contributed by atoms with Gasteiger partial charge in [-0.1, -0.05) is 35.9 Å². The number of rotatable bonds is 5. The fraction of sp³-hybridized carbons (Fsp3) is 0.316. The number of morpholine rings is 1. The first-order valence-electron chi connectivity index (χ1n) is 8.11. The van der Waals surface area contributed by atoms with E-state index in [1.54, 1.807) is 0 Å². The number of hydrogen-bond acceptors (Lipinski definition) is 4. The molecule has 2 aromatic rings. The molecule has 25 heavy (non-hydrogen) atoms. The van der Waals surface area contributed by atoms with E-state index < -0.39 is 0 Å². The molecular formula is C19H23ClN2O3. The molecule has 1 atom stereocenters. The Morgan fingerprint density at radius 2 is 2.12 bits per heavy atom. The van der Waals surface area contributed by atoms with Crippen LogP contribution in [0.2, 0.25) is 0 Å². The molecule has 1 saturated heterocycles. The molecule has 0 saturated carbocycles. The minimum atomic E-state index is -0.310. The SMILES string of the molecule is Cc1cccc(COc2cccc(NC(=O)C3COCCN3)c2)c1.Cl. The molecule has 0 spiro atoms. The van der Waals surface area contributed by atoms with Gasteiger partial charge in [0.05, 0.1) is 13.2 Å². The molecule has 1 unspecified atom stereocenters. The number of hydrogen-bond donors (Lipinski definition) is 2. The van der Waals surface area contributed by atoms with Crippen molar-refractivity contribution in [2.45, 2.75) is 19.6 Å². The lowest BCUT2D eigenvalue weighted by Crippen LogP contribution is -2.48. The second-order valence-electron chi connectivity index (χ2n) is 5.88. The third-order valence-electron chi connectivity index (χ3n) is 3.83. The van der Waals surface area contributed by atoms with E-state index in [-0.39, 0.29) is 24.4 Å². The molecule has 2 N–H and O–H groups in total. The Balaban J connectivity index is 0.00000225. The van der Waals surface area contributed by atoms with Gasteiger partial charge in [-0.2, -0.15) is 0 Å². The van der Waals surface area contributed by atoms with E-state index in [0.29, 0.717) is 32.1 Å². The summed E-state index contributed by atoms with van der Waals surface area (Å²) in [7, 11) is 0. The van der Waals surface area contributed by atoms with Gasteiger partial charge in [-0.05, 0) is 24.6 Å². The molecule has 3 rings (SSSR count). The van der Waals surface area contributed by atoms with Crippen LogP contribution >= 0.6 is 12.4 Å². The maximum absolute atomic E-state index is 12.2. The molecule has 1 aliphatic heterocycles. The third-order valence-corrected chi connectivity index (χ3v) is 3.83. The van der Waals surface area contributed by atoms with Crippen LogP contribution in [0.1, 0.15) is 11.1 Å². The van der Waals surface area contributed by atoms with E-state index >= 15 is 0 Å². The van der Waals surface area contributed by atoms with Crippen molar-refractivity contribution in [2.24, 2.45) is 0 Å². The van der Waals surface area contributed by atoms with Gasteiger partial charge in [0.25, 0.3) is 0 Å². The van der Waals surface area contributed by atoms with E-state index in [2.05, 4.69) is 29.7 Å². The third kappa shape index (κ3) is 5.74. The summed E-state index contributed by atoms with van der Waals surface area (Å²) in [6.07, 6.45) is 0. The Hall–Kier alpha value is -2.08. The van der Waals surface area contributed by atoms with Gasteiger partial charge in [0.15, 0.2) is 0 Å². The van der Waals surface area contributed by atoms with Gasteiger partial charge in [0.1, 0.15) is 18.4 Å². The molecule has 0 aliphatic carbocycles. The number of nitrogens with one attached hydrogen (secondary N) is 2. The van der Waals surface area contributed by atoms with Gasteiger partial charge >= 0.3 is 0 Å². The van der Waals surface area contributed by atoms with Crippen LogP contribution in [0.3, 0.4) is 0 Å². The summed E-state index contributed by atoms with van der Waals surface area (Å²) >= 11 is 0. The van der Waals surface area contributed by atoms with Gasteiger partial charge in [-0.25, -0.2) is 0 Å². The molecular weight excluding hydrogens is 340 g/mol. The molecule has 1 aliphatic rings. The van der Waals surface area contributed by atoms with Crippen LogP contribution in [0.5, 0.6) is 5.75 Å². The summed E-state index contributed by atoms with van der Waals surface area (Å²) < 4.78 is 11.1. The fourth-order valence-electron chi connectivity index (χ4n) is 2.60. The maximum Gasteiger partial charge on any atom is 0.243 e. The maximum atomic E-state index is 12.2. The smallest absolute Gasteiger partial charge is 0.243 e. The average molecular weight is 363 g/mol. The molecule has 2 aromatic carbocycles. The molecule has 1 heterocycles. The van der Waals surface area contributed by atoms with Crippen molar-refractivity contribution in [3.8, 4) is 5.75 Å². The van der Waals surface area contributed by atoms with E-state index in [0.717, 1.165) is 11.3 Å². The summed E-state index contributed by atoms with van der Waals surface area (Å²) in [4.78, 5) is 12.2. The minimum absolute atomic E-state index is 0. The van der Waals surface area contributed by atoms with Crippen LogP contribution in [-0.2, 0) is 16.1 Å². The van der Waals surface area contributed by atoms with E-state index in [9.17, 15) is 4.79 Å². The number of halogens is 1. The Morgan fingerprint density at radius 1 is 1.28 bits per heavy atom. The molecule has 1 fully saturated rings. The molecule has 5 nitrogen and oxygen atoms in total. The average Bonchev–Trinajstić information content (AvgIpc) is 2.61. The Kier molecular flexibility index (Phi) is 7.25. The zero-order chi connectivity index (χ0) is 16.8. The summed E-state index contributed by atoms with van der Waals surface area (Å²) in [6, 6.07) is 15.3. The van der Waals surface area contributed by atoms with E-state index in [4.69, 9.17) is 9.47 Å². The monoisotopic (exact) mass is 362 g/mol. The first kappa shape index (κ1) is 19.2. The van der Waals surface area contributed by atoms with E-state index in [1.165, 1.54) is 5.56 Å². The number of carbonyl (C=O) groups excluding carboxylic acids is 1. The van der Waals surface area contributed by atoms with Crippen molar-refractivity contribution in [3.05, 3.63) is 59.7 Å². The fourth-order valence-corrected chi connectivity index (χ4v) is 2.60. The highest BCUT2D eigenvalue weighted by Gasteiger charge is 2.21. The second-order valence-corrected chi connectivity index (χ2v) is 5.88. The highest BCUT2D eigenvalue weighted by molar-refractivity contribution is 5.95.